The van der Waals surface area contributed by atoms with E-state index in [2.05, 4.69) is 10.6 Å². The minimum absolute atomic E-state index is 0.0649. The summed E-state index contributed by atoms with van der Waals surface area (Å²) in [6.45, 7) is 0.705. The van der Waals surface area contributed by atoms with Gasteiger partial charge in [0.05, 0.1) is 4.92 Å². The van der Waals surface area contributed by atoms with Gasteiger partial charge in [-0.15, -0.1) is 0 Å². The molecule has 0 aliphatic heterocycles. The van der Waals surface area contributed by atoms with Gasteiger partial charge in [-0.1, -0.05) is 0 Å². The smallest absolute Gasteiger partial charge is 0.293 e. The third-order valence-corrected chi connectivity index (χ3v) is 6.51. The summed E-state index contributed by atoms with van der Waals surface area (Å²) in [4.78, 5) is 23.3. The van der Waals surface area contributed by atoms with Crippen molar-refractivity contribution in [2.45, 2.75) is 38.5 Å². The Kier molecular flexibility index (Phi) is 3.93. The first-order valence-corrected chi connectivity index (χ1v) is 9.22. The number of carbonyl (C=O) groups is 1. The number of anilines is 1. The fourth-order valence-corrected chi connectivity index (χ4v) is 5.91. The lowest BCUT2D eigenvalue weighted by Gasteiger charge is -2.56. The quantitative estimate of drug-likeness (QED) is 0.632. The van der Waals surface area contributed by atoms with Crippen LogP contribution in [0.2, 0.25) is 0 Å². The largest absolute Gasteiger partial charge is 0.383 e. The standard InChI is InChI=1S/C19H25N3O3/c1-20-16-3-2-15(7-17(16)22(24)25)18(23)21-11-19-8-12-4-13(9-19)6-14(5-12)10-19/h2-3,7,12-14,20H,4-6,8-11H2,1H3,(H,21,23). The van der Waals surface area contributed by atoms with E-state index in [1.54, 1.807) is 19.2 Å². The molecule has 4 fully saturated rings. The van der Waals surface area contributed by atoms with Crippen molar-refractivity contribution in [1.29, 1.82) is 0 Å². The van der Waals surface area contributed by atoms with Crippen LogP contribution in [0.15, 0.2) is 18.2 Å². The molecule has 0 saturated heterocycles. The van der Waals surface area contributed by atoms with Crippen molar-refractivity contribution in [3.8, 4) is 0 Å². The zero-order chi connectivity index (χ0) is 17.6. The molecule has 5 rings (SSSR count). The van der Waals surface area contributed by atoms with E-state index in [1.807, 2.05) is 0 Å². The van der Waals surface area contributed by atoms with Gasteiger partial charge in [0, 0.05) is 25.2 Å². The predicted octanol–water partition coefficient (Wildman–Crippen LogP) is 3.58. The Labute approximate surface area is 147 Å². The second kappa shape index (κ2) is 6.00. The van der Waals surface area contributed by atoms with Gasteiger partial charge in [-0.2, -0.15) is 0 Å². The highest BCUT2D eigenvalue weighted by molar-refractivity contribution is 5.95. The SMILES string of the molecule is CNc1ccc(C(=O)NCC23CC4CC(CC(C4)C2)C3)cc1[N+](=O)[O-]. The molecule has 1 amide bonds. The molecule has 0 heterocycles. The number of nitrogens with zero attached hydrogens (tertiary/aromatic N) is 1. The normalized spacial score (nSPS) is 32.4. The maximum Gasteiger partial charge on any atom is 0.293 e. The van der Waals surface area contributed by atoms with Gasteiger partial charge in [0.25, 0.3) is 11.6 Å². The third-order valence-electron chi connectivity index (χ3n) is 6.51. The van der Waals surface area contributed by atoms with Crippen LogP contribution in [0, 0.1) is 33.3 Å². The molecule has 0 atom stereocenters. The third kappa shape index (κ3) is 2.98. The second-order valence-corrected chi connectivity index (χ2v) is 8.34. The summed E-state index contributed by atoms with van der Waals surface area (Å²) in [5.41, 5.74) is 0.976. The first-order chi connectivity index (χ1) is 12.0. The van der Waals surface area contributed by atoms with Crippen molar-refractivity contribution in [2.24, 2.45) is 23.2 Å². The molecule has 1 aromatic rings. The Balaban J connectivity index is 1.46. The minimum Gasteiger partial charge on any atom is -0.383 e. The highest BCUT2D eigenvalue weighted by Gasteiger charge is 2.50. The lowest BCUT2D eigenvalue weighted by Crippen LogP contribution is -2.51. The van der Waals surface area contributed by atoms with E-state index in [-0.39, 0.29) is 17.0 Å². The average Bonchev–Trinajstić information content (AvgIpc) is 2.58. The van der Waals surface area contributed by atoms with Gasteiger partial charge in [0.2, 0.25) is 0 Å². The van der Waals surface area contributed by atoms with E-state index in [9.17, 15) is 14.9 Å². The number of nitro benzene ring substituents is 1. The second-order valence-electron chi connectivity index (χ2n) is 8.34. The van der Waals surface area contributed by atoms with Gasteiger partial charge in [-0.25, -0.2) is 0 Å². The Morgan fingerprint density at radius 2 is 1.80 bits per heavy atom. The molecule has 2 N–H and O–H groups in total. The number of nitrogens with one attached hydrogen (secondary N) is 2. The fraction of sp³-hybridized carbons (Fsp3) is 0.632. The number of benzene rings is 1. The first-order valence-electron chi connectivity index (χ1n) is 9.22. The van der Waals surface area contributed by atoms with Crippen LogP contribution in [-0.2, 0) is 0 Å². The molecule has 0 unspecified atom stereocenters. The maximum absolute atomic E-state index is 12.6. The van der Waals surface area contributed by atoms with Crippen LogP contribution < -0.4 is 10.6 Å². The van der Waals surface area contributed by atoms with Gasteiger partial charge in [-0.3, -0.25) is 14.9 Å². The lowest BCUT2D eigenvalue weighted by atomic mass is 9.49. The molecule has 4 bridgehead atoms. The molecule has 4 aliphatic carbocycles. The number of nitro groups is 1. The average molecular weight is 343 g/mol. The van der Waals surface area contributed by atoms with Crippen molar-refractivity contribution >= 4 is 17.3 Å². The summed E-state index contributed by atoms with van der Waals surface area (Å²) in [5.74, 6) is 2.33. The molecule has 134 valence electrons. The minimum atomic E-state index is -0.457. The van der Waals surface area contributed by atoms with Crippen LogP contribution in [-0.4, -0.2) is 24.4 Å². The highest BCUT2D eigenvalue weighted by Crippen LogP contribution is 2.59. The van der Waals surface area contributed by atoms with Gasteiger partial charge in [-0.05, 0) is 73.8 Å². The summed E-state index contributed by atoms with van der Waals surface area (Å²) in [6.07, 6.45) is 7.84. The number of hydrogen-bond donors (Lipinski definition) is 2. The molecular formula is C19H25N3O3. The zero-order valence-corrected chi connectivity index (χ0v) is 14.6. The summed E-state index contributed by atoms with van der Waals surface area (Å²) >= 11 is 0. The monoisotopic (exact) mass is 343 g/mol. The molecule has 1 aromatic carbocycles. The van der Waals surface area contributed by atoms with Crippen LogP contribution in [0.1, 0.15) is 48.9 Å². The van der Waals surface area contributed by atoms with E-state index in [0.29, 0.717) is 17.8 Å². The maximum atomic E-state index is 12.6. The molecule has 25 heavy (non-hydrogen) atoms. The molecule has 0 spiro atoms. The molecule has 0 radical (unpaired) electrons. The Morgan fingerprint density at radius 3 is 2.32 bits per heavy atom. The lowest BCUT2D eigenvalue weighted by molar-refractivity contribution is -0.384. The van der Waals surface area contributed by atoms with Crippen molar-refractivity contribution in [1.82, 2.24) is 5.32 Å². The van der Waals surface area contributed by atoms with Crippen LogP contribution in [0.4, 0.5) is 11.4 Å². The van der Waals surface area contributed by atoms with Gasteiger partial charge < -0.3 is 10.6 Å². The summed E-state index contributed by atoms with van der Waals surface area (Å²) in [7, 11) is 1.63. The van der Waals surface area contributed by atoms with Gasteiger partial charge in [0.15, 0.2) is 0 Å². The van der Waals surface area contributed by atoms with Gasteiger partial charge in [0.1, 0.15) is 5.69 Å². The van der Waals surface area contributed by atoms with E-state index in [0.717, 1.165) is 17.8 Å². The number of amides is 1. The summed E-state index contributed by atoms with van der Waals surface area (Å²) in [5, 5.41) is 17.0. The van der Waals surface area contributed by atoms with Gasteiger partial charge >= 0.3 is 0 Å². The zero-order valence-electron chi connectivity index (χ0n) is 14.6. The van der Waals surface area contributed by atoms with Crippen molar-refractivity contribution in [3.63, 3.8) is 0 Å². The number of carbonyl (C=O) groups excluding carboxylic acids is 1. The van der Waals surface area contributed by atoms with E-state index < -0.39 is 4.92 Å². The van der Waals surface area contributed by atoms with Crippen molar-refractivity contribution in [2.75, 3.05) is 18.9 Å². The van der Waals surface area contributed by atoms with Crippen LogP contribution in [0.5, 0.6) is 0 Å². The van der Waals surface area contributed by atoms with Crippen molar-refractivity contribution < 1.29 is 9.72 Å². The van der Waals surface area contributed by atoms with E-state index >= 15 is 0 Å². The molecule has 0 aromatic heterocycles. The Morgan fingerprint density at radius 1 is 1.20 bits per heavy atom. The molecule has 4 saturated carbocycles. The first kappa shape index (κ1) is 16.4. The molecule has 4 aliphatic rings. The highest BCUT2D eigenvalue weighted by atomic mass is 16.6. The predicted molar refractivity (Wildman–Crippen MR) is 95.6 cm³/mol. The van der Waals surface area contributed by atoms with Crippen LogP contribution in [0.25, 0.3) is 0 Å². The summed E-state index contributed by atoms with van der Waals surface area (Å²) < 4.78 is 0. The van der Waals surface area contributed by atoms with Crippen LogP contribution in [0.3, 0.4) is 0 Å². The number of hydrogen-bond acceptors (Lipinski definition) is 4. The topological polar surface area (TPSA) is 84.3 Å². The summed E-state index contributed by atoms with van der Waals surface area (Å²) in [6, 6.07) is 4.60. The van der Waals surface area contributed by atoms with E-state index in [1.165, 1.54) is 44.6 Å². The van der Waals surface area contributed by atoms with Crippen LogP contribution >= 0.6 is 0 Å². The molecule has 6 nitrogen and oxygen atoms in total. The Hall–Kier alpha value is -2.11. The number of rotatable bonds is 5. The van der Waals surface area contributed by atoms with E-state index in [4.69, 9.17) is 0 Å². The molecular weight excluding hydrogens is 318 g/mol. The Bertz CT molecular complexity index is 681. The fourth-order valence-electron chi connectivity index (χ4n) is 5.91. The van der Waals surface area contributed by atoms with Crippen molar-refractivity contribution in [3.05, 3.63) is 33.9 Å². The molecule has 6 heteroatoms.